The Labute approximate surface area is 837 Å². The van der Waals surface area contributed by atoms with Gasteiger partial charge in [-0.25, -0.2) is 32.9 Å². The molecule has 20 rings (SSSR count). The number of nitrogens with one attached hydrogen (secondary N) is 5. The number of imidazole rings is 4. The molecule has 0 bridgehead atoms. The number of aromatic nitrogens is 9. The molecule has 36 heteroatoms. The Bertz CT molecular complexity index is 6680. The Morgan fingerprint density at radius 1 is 0.389 bits per heavy atom. The third-order valence-corrected chi connectivity index (χ3v) is 29.5. The predicted molar refractivity (Wildman–Crippen MR) is 548 cm³/mol. The van der Waals surface area contributed by atoms with E-state index in [0.717, 1.165) is 85.8 Å². The van der Waals surface area contributed by atoms with Crippen molar-refractivity contribution in [1.82, 2.24) is 87.7 Å². The molecule has 4 saturated carbocycles. The number of benzene rings is 7. The molecule has 4 aliphatic heterocycles. The van der Waals surface area contributed by atoms with Gasteiger partial charge in [-0.2, -0.15) is 0 Å². The molecule has 11 N–H and O–H groups in total. The number of aliphatic hydroxyl groups is 4. The highest BCUT2D eigenvalue weighted by Crippen LogP contribution is 2.41. The minimum atomic E-state index is -1.01. The zero-order valence-corrected chi connectivity index (χ0v) is 82.1. The number of methoxy groups -OCH3 is 1. The van der Waals surface area contributed by atoms with Gasteiger partial charge in [-0.3, -0.25) is 60.5 Å². The lowest BCUT2D eigenvalue weighted by Gasteiger charge is -2.30. The van der Waals surface area contributed by atoms with Gasteiger partial charge in [0.05, 0.1) is 104 Å². The molecule has 8 fully saturated rings. The molecule has 12 aromatic rings. The van der Waals surface area contributed by atoms with Gasteiger partial charge in [0.2, 0.25) is 0 Å². The van der Waals surface area contributed by atoms with Crippen LogP contribution in [0.2, 0.25) is 0 Å². The van der Waals surface area contributed by atoms with E-state index in [-0.39, 0.29) is 97.1 Å². The zero-order valence-electron chi connectivity index (χ0n) is 81.3. The second-order valence-corrected chi connectivity index (χ2v) is 38.9. The Kier molecular flexibility index (Phi) is 34.0. The summed E-state index contributed by atoms with van der Waals surface area (Å²) in [5.74, 6) is -2.36. The standard InChI is InChI=1S/C29H35N5O4.C28H34N4O4.C27H30F2N4O3.C24H30N6O3S/c35-24-14-8-7-13-23(24)34-25(21-9-3-1-4-10-21)26(28(37)32-18-15-30-16-19-32)33(29(34)38)20-17-31-27(36)22-11-5-2-6-12-22;1-36-22-11-7-8-20(18-22)19-31-26(27(34)30-16-14-29-15-17-30)25(21-9-3-2-4-10-21)32(28(31)35)23-12-5-6-13-24(23)33;28-20-11-10-18(16-21(20)29)17-32-25(26(35)31-14-12-30-13-15-31)24(19-6-2-1-3-7-19)33(27(32)36)22-8-4-5-9-23(22)34;25-23-27-17(15-34-23)14-29-21(22(32)28-12-10-26-11-13-28)20(16-6-2-1-3-7-16)30(24(29)33)18-8-4-5-9-19(18)31/h1-6,9-12,23-24,30,35H,7-8,13-20H2,(H,31,36);2-4,7-11,18,23-24,29,33H,5-6,12-17,19H2,1H3;1-3,6-7,10-11,16,22-23,30,34H,4-5,8-9,12-15,17H2;1-3,6-7,15,18-19,26,31H,4-5,8-14H2,(H2,25,27)/t2*23?,24-;22?,23-;18?,19-/m1111/s1. The van der Waals surface area contributed by atoms with Crippen LogP contribution in [0.15, 0.2) is 219 Å². The lowest BCUT2D eigenvalue weighted by Crippen LogP contribution is -2.47. The molecule has 5 amide bonds. The van der Waals surface area contributed by atoms with Crippen molar-refractivity contribution < 1.29 is 57.9 Å². The Hall–Kier alpha value is -13.3. The second kappa shape index (κ2) is 47.9. The topological polar surface area (TPSA) is 395 Å². The van der Waals surface area contributed by atoms with E-state index < -0.39 is 53.8 Å². The van der Waals surface area contributed by atoms with Gasteiger partial charge in [0.25, 0.3) is 29.5 Å². The summed E-state index contributed by atoms with van der Waals surface area (Å²) >= 11 is 1.31. The summed E-state index contributed by atoms with van der Waals surface area (Å²) < 4.78 is 45.6. The highest BCUT2D eigenvalue weighted by molar-refractivity contribution is 7.13. The van der Waals surface area contributed by atoms with Crippen molar-refractivity contribution in [3.8, 4) is 50.8 Å². The van der Waals surface area contributed by atoms with Crippen molar-refractivity contribution in [3.63, 3.8) is 0 Å². The van der Waals surface area contributed by atoms with E-state index >= 15 is 0 Å². The summed E-state index contributed by atoms with van der Waals surface area (Å²) in [6, 6.07) is 56.2. The van der Waals surface area contributed by atoms with Gasteiger partial charge in [-0.1, -0.05) is 209 Å². The molecule has 8 atom stereocenters. The minimum Gasteiger partial charge on any atom is -0.497 e. The van der Waals surface area contributed by atoms with E-state index in [1.807, 2.05) is 162 Å². The monoisotopic (exact) mass is 1990 g/mol. The van der Waals surface area contributed by atoms with Crippen LogP contribution in [0.4, 0.5) is 13.9 Å². The van der Waals surface area contributed by atoms with Gasteiger partial charge in [0.1, 0.15) is 28.5 Å². The van der Waals surface area contributed by atoms with E-state index in [1.54, 1.807) is 68.9 Å². The molecular formula is C108H129F2N19O14S. The Balaban J connectivity index is 0.000000132. The lowest BCUT2D eigenvalue weighted by atomic mass is 9.92. The third-order valence-electron chi connectivity index (χ3n) is 28.8. The van der Waals surface area contributed by atoms with E-state index in [9.17, 15) is 72.4 Å². The van der Waals surface area contributed by atoms with Crippen LogP contribution in [0.5, 0.6) is 5.75 Å². The number of piperazine rings is 4. The molecule has 4 unspecified atom stereocenters. The van der Waals surface area contributed by atoms with Crippen LogP contribution in [0.3, 0.4) is 0 Å². The average molecular weight is 1990 g/mol. The first-order valence-corrected chi connectivity index (χ1v) is 51.5. The van der Waals surface area contributed by atoms with Gasteiger partial charge >= 0.3 is 22.8 Å². The number of anilines is 1. The number of halogens is 2. The minimum absolute atomic E-state index is 0.0984. The highest BCUT2D eigenvalue weighted by atomic mass is 32.1. The van der Waals surface area contributed by atoms with Gasteiger partial charge in [0, 0.05) is 151 Å². The molecule has 760 valence electrons. The van der Waals surface area contributed by atoms with Crippen molar-refractivity contribution in [1.29, 1.82) is 0 Å². The molecule has 8 aliphatic rings. The molecule has 4 saturated heterocycles. The molecule has 4 aliphatic carbocycles. The number of hydrogen-bond donors (Lipinski definition) is 10. The maximum Gasteiger partial charge on any atom is 0.330 e. The number of nitrogen functional groups attached to an aromatic ring is 1. The molecule has 144 heavy (non-hydrogen) atoms. The van der Waals surface area contributed by atoms with Crippen molar-refractivity contribution in [2.24, 2.45) is 0 Å². The summed E-state index contributed by atoms with van der Waals surface area (Å²) in [6.07, 6.45) is 9.75. The summed E-state index contributed by atoms with van der Waals surface area (Å²) in [4.78, 5) is 136. The second-order valence-electron chi connectivity index (χ2n) is 38.0. The number of amides is 5. The number of hydrogen-bond acceptors (Lipinski definition) is 21. The summed E-state index contributed by atoms with van der Waals surface area (Å²) in [7, 11) is 1.61. The van der Waals surface area contributed by atoms with Crippen molar-refractivity contribution in [2.45, 2.75) is 177 Å². The van der Waals surface area contributed by atoms with Gasteiger partial charge < -0.3 is 77.1 Å². The fraction of sp³-hybridized carbons (Fsp3) is 0.426. The van der Waals surface area contributed by atoms with Crippen LogP contribution >= 0.6 is 11.3 Å². The maximum atomic E-state index is 14.2. The number of carbonyl (C=O) groups is 5. The number of thiazole rings is 1. The van der Waals surface area contributed by atoms with Crippen LogP contribution < -0.4 is 59.8 Å². The molecule has 33 nitrogen and oxygen atoms in total. The van der Waals surface area contributed by atoms with Crippen LogP contribution in [0.1, 0.15) is 196 Å². The number of nitrogens with two attached hydrogens (primary N) is 1. The highest BCUT2D eigenvalue weighted by Gasteiger charge is 2.43. The average Bonchev–Trinajstić information content (AvgIpc) is 1.60. The number of ether oxygens (including phenoxy) is 1. The first-order valence-electron chi connectivity index (χ1n) is 50.6. The van der Waals surface area contributed by atoms with Crippen LogP contribution in [0, 0.1) is 11.6 Å². The Morgan fingerprint density at radius 2 is 0.701 bits per heavy atom. The van der Waals surface area contributed by atoms with Gasteiger partial charge in [0.15, 0.2) is 16.8 Å². The first kappa shape index (κ1) is 102. The Morgan fingerprint density at radius 3 is 1.02 bits per heavy atom. The smallest absolute Gasteiger partial charge is 0.330 e. The van der Waals surface area contributed by atoms with E-state index in [0.29, 0.717) is 229 Å². The van der Waals surface area contributed by atoms with Crippen LogP contribution in [0.25, 0.3) is 45.0 Å². The molecule has 5 aromatic heterocycles. The fourth-order valence-corrected chi connectivity index (χ4v) is 22.0. The maximum absolute atomic E-state index is 14.2. The van der Waals surface area contributed by atoms with Gasteiger partial charge in [-0.15, -0.1) is 11.3 Å². The third kappa shape index (κ3) is 22.9. The molecule has 0 radical (unpaired) electrons. The number of nitrogens with zero attached hydrogens (tertiary/aromatic N) is 13. The van der Waals surface area contributed by atoms with E-state index in [1.165, 1.54) is 31.1 Å². The van der Waals surface area contributed by atoms with E-state index in [4.69, 9.17) is 10.5 Å². The molecule has 7 aromatic carbocycles. The SMILES string of the molecule is COc1cccc(Cn2c(C(=O)N3CCNCC3)c(-c3ccccc3)n(C3CCCC[C@H]3O)c2=O)c1.Nc1nc(Cn2c(C(=O)N3CCNCC3)c(-c3ccccc3)n(C3CCCC[C@H]3O)c2=O)cs1.O=C(NCCn1c(C(=O)N2CCNCC2)c(-c2ccccc2)n(C2CCCC[C@H]2O)c1=O)c1ccccc1.O=C(c1c(-c2ccccc2)n(C2CCCC[C@H]2O)c(=O)n1Cc1ccc(F)c(F)c1)N1CCNCC1. The van der Waals surface area contributed by atoms with Crippen LogP contribution in [-0.4, -0.2) is 254 Å². The largest absolute Gasteiger partial charge is 0.497 e. The number of rotatable bonds is 23. The van der Waals surface area contributed by atoms with Gasteiger partial charge in [-0.05, 0) is 98.9 Å². The zero-order chi connectivity index (χ0) is 100. The summed E-state index contributed by atoms with van der Waals surface area (Å²) in [6.45, 7) is 10.5. The molecular weight excluding hydrogens is 1860 g/mol. The van der Waals surface area contributed by atoms with Crippen molar-refractivity contribution >= 4 is 46.0 Å². The predicted octanol–water partition coefficient (Wildman–Crippen LogP) is 10.3. The van der Waals surface area contributed by atoms with E-state index in [2.05, 4.69) is 31.6 Å². The summed E-state index contributed by atoms with van der Waals surface area (Å²) in [5, 5.41) is 61.9. The lowest BCUT2D eigenvalue weighted by molar-refractivity contribution is 0.0715. The first-order chi connectivity index (χ1) is 70.1. The van der Waals surface area contributed by atoms with Crippen molar-refractivity contribution in [2.75, 3.05) is 124 Å². The molecule has 0 spiro atoms. The fourth-order valence-electron chi connectivity index (χ4n) is 21.4. The summed E-state index contributed by atoms with van der Waals surface area (Å²) in [5.41, 5.74) is 13.4. The number of aliphatic hydroxyl groups excluding tert-OH is 4. The quantitative estimate of drug-likeness (QED) is 0.0284. The van der Waals surface area contributed by atoms with Crippen LogP contribution in [-0.2, 0) is 26.2 Å². The molecule has 9 heterocycles. The number of carbonyl (C=O) groups excluding carboxylic acids is 5. The normalized spacial score (nSPS) is 20.4. The van der Waals surface area contributed by atoms with Crippen molar-refractivity contribution in [3.05, 3.63) is 298 Å².